The molecule has 3 aromatic rings. The van der Waals surface area contributed by atoms with Gasteiger partial charge in [-0.15, -0.1) is 0 Å². The molecule has 2 atom stereocenters. The van der Waals surface area contributed by atoms with Crippen molar-refractivity contribution in [2.45, 2.75) is 31.8 Å². The fourth-order valence-corrected chi connectivity index (χ4v) is 3.36. The number of halogens is 4. The van der Waals surface area contributed by atoms with E-state index >= 15 is 4.39 Å². The number of nitrogens with zero attached hydrogens (tertiary/aromatic N) is 1. The van der Waals surface area contributed by atoms with Crippen LogP contribution in [-0.2, 0) is 5.67 Å². The summed E-state index contributed by atoms with van der Waals surface area (Å²) in [5.74, 6) is -0.503. The van der Waals surface area contributed by atoms with Crippen molar-refractivity contribution >= 4 is 16.7 Å². The minimum absolute atomic E-state index is 0.249. The van der Waals surface area contributed by atoms with Crippen LogP contribution in [0.4, 0.5) is 23.2 Å². The number of benzene rings is 2. The molecule has 28 heavy (non-hydrogen) atoms. The molecule has 1 N–H and O–H groups in total. The number of fused-ring (bicyclic) bond motifs is 1. The van der Waals surface area contributed by atoms with Crippen LogP contribution >= 0.6 is 0 Å². The van der Waals surface area contributed by atoms with Crippen molar-refractivity contribution in [3.8, 4) is 0 Å². The molecule has 9 heteroatoms. The van der Waals surface area contributed by atoms with E-state index in [0.717, 1.165) is 25.1 Å². The van der Waals surface area contributed by atoms with Gasteiger partial charge in [-0.2, -0.15) is 13.2 Å². The largest absolute Gasteiger partial charge is 0.454 e. The highest BCUT2D eigenvalue weighted by atomic mass is 19.4. The van der Waals surface area contributed by atoms with Gasteiger partial charge in [0, 0.05) is 11.5 Å². The van der Waals surface area contributed by atoms with Gasteiger partial charge in [0.05, 0.1) is 10.5 Å². The van der Waals surface area contributed by atoms with Crippen LogP contribution in [0.25, 0.3) is 11.0 Å². The zero-order chi connectivity index (χ0) is 20.9. The number of alkyl halides is 4. The predicted octanol–water partition coefficient (Wildman–Crippen LogP) is 5.42. The number of furan rings is 1. The quantitative estimate of drug-likeness (QED) is 0.362. The molecule has 0 radical (unpaired) electrons. The molecule has 0 spiro atoms. The van der Waals surface area contributed by atoms with E-state index in [4.69, 9.17) is 4.42 Å². The average molecular weight is 397 g/mol. The molecule has 0 fully saturated rings. The van der Waals surface area contributed by atoms with Gasteiger partial charge >= 0.3 is 11.9 Å². The molecule has 0 aliphatic carbocycles. The first-order chi connectivity index (χ1) is 13.0. The van der Waals surface area contributed by atoms with Gasteiger partial charge in [-0.05, 0) is 25.0 Å². The normalized spacial score (nSPS) is 15.4. The van der Waals surface area contributed by atoms with E-state index < -0.39 is 50.9 Å². The number of nitro groups is 1. The van der Waals surface area contributed by atoms with Gasteiger partial charge in [-0.1, -0.05) is 36.4 Å². The zero-order valence-corrected chi connectivity index (χ0v) is 14.7. The molecule has 0 aliphatic rings. The number of aryl methyl sites for hydroxylation is 2. The van der Waals surface area contributed by atoms with Crippen LogP contribution < -0.4 is 0 Å². The Kier molecular flexibility index (Phi) is 4.66. The molecular weight excluding hydrogens is 382 g/mol. The summed E-state index contributed by atoms with van der Waals surface area (Å²) >= 11 is 0. The lowest BCUT2D eigenvalue weighted by Gasteiger charge is -2.33. The average Bonchev–Trinajstić information content (AvgIpc) is 2.95. The number of aliphatic hydroxyl groups is 1. The van der Waals surface area contributed by atoms with Crippen molar-refractivity contribution in [3.05, 3.63) is 75.0 Å². The highest BCUT2D eigenvalue weighted by Gasteiger charge is 2.64. The summed E-state index contributed by atoms with van der Waals surface area (Å²) in [6.45, 7) is 2.52. The maximum absolute atomic E-state index is 15.8. The van der Waals surface area contributed by atoms with Gasteiger partial charge in [0.15, 0.2) is 0 Å². The van der Waals surface area contributed by atoms with E-state index in [2.05, 4.69) is 0 Å². The molecule has 5 nitrogen and oxygen atoms in total. The van der Waals surface area contributed by atoms with Gasteiger partial charge in [0.2, 0.25) is 5.58 Å². The Balaban J connectivity index is 2.36. The summed E-state index contributed by atoms with van der Waals surface area (Å²) in [6, 6.07) is 8.84. The van der Waals surface area contributed by atoms with Crippen LogP contribution in [0.3, 0.4) is 0 Å². The Bertz CT molecular complexity index is 1060. The number of hydrogen-bond donors (Lipinski definition) is 1. The third kappa shape index (κ3) is 2.82. The smallest absolute Gasteiger partial charge is 0.429 e. The Morgan fingerprint density at radius 3 is 2.29 bits per heavy atom. The van der Waals surface area contributed by atoms with Crippen LogP contribution in [0.2, 0.25) is 0 Å². The minimum Gasteiger partial charge on any atom is -0.454 e. The summed E-state index contributed by atoms with van der Waals surface area (Å²) in [5.41, 5.74) is -6.29. The number of hydrogen-bond acceptors (Lipinski definition) is 4. The molecule has 1 aromatic heterocycles. The lowest BCUT2D eigenvalue weighted by atomic mass is 9.82. The molecule has 0 amide bonds. The Morgan fingerprint density at radius 2 is 1.71 bits per heavy atom. The Hall–Kier alpha value is -2.94. The van der Waals surface area contributed by atoms with Crippen molar-refractivity contribution in [1.29, 1.82) is 0 Å². The van der Waals surface area contributed by atoms with E-state index in [1.54, 1.807) is 6.07 Å². The summed E-state index contributed by atoms with van der Waals surface area (Å²) < 4.78 is 63.0. The summed E-state index contributed by atoms with van der Waals surface area (Å²) in [5, 5.41) is 21.3. The third-order valence-corrected chi connectivity index (χ3v) is 4.70. The van der Waals surface area contributed by atoms with Crippen LogP contribution in [0.1, 0.15) is 28.6 Å². The molecule has 3 rings (SSSR count). The maximum Gasteiger partial charge on any atom is 0.429 e. The van der Waals surface area contributed by atoms with E-state index in [1.807, 2.05) is 0 Å². The van der Waals surface area contributed by atoms with E-state index in [9.17, 15) is 28.4 Å². The van der Waals surface area contributed by atoms with Crippen LogP contribution in [-0.4, -0.2) is 16.2 Å². The van der Waals surface area contributed by atoms with Gasteiger partial charge < -0.3 is 9.52 Å². The van der Waals surface area contributed by atoms with Crippen LogP contribution in [0, 0.1) is 24.0 Å². The van der Waals surface area contributed by atoms with Crippen molar-refractivity contribution in [2.75, 3.05) is 0 Å². The molecule has 2 aromatic carbocycles. The number of para-hydroxylation sites is 1. The van der Waals surface area contributed by atoms with Gasteiger partial charge in [0.1, 0.15) is 11.9 Å². The summed E-state index contributed by atoms with van der Waals surface area (Å²) in [6.07, 6.45) is -8.13. The molecule has 0 bridgehead atoms. The van der Waals surface area contributed by atoms with Crippen molar-refractivity contribution in [3.63, 3.8) is 0 Å². The van der Waals surface area contributed by atoms with Gasteiger partial charge in [0.25, 0.3) is 5.67 Å². The first-order valence-corrected chi connectivity index (χ1v) is 8.16. The lowest BCUT2D eigenvalue weighted by molar-refractivity contribution is -0.383. The molecule has 0 saturated heterocycles. The fourth-order valence-electron chi connectivity index (χ4n) is 3.36. The first kappa shape index (κ1) is 19.8. The lowest BCUT2D eigenvalue weighted by Crippen LogP contribution is -2.44. The SMILES string of the molecule is Cc1ccccc1C(O)C(F)(c1c(C)oc2c([N+](=O)[O-])cccc12)C(F)(F)F. The molecule has 2 unspecified atom stereocenters. The Morgan fingerprint density at radius 1 is 1.07 bits per heavy atom. The highest BCUT2D eigenvalue weighted by molar-refractivity contribution is 5.90. The number of aliphatic hydroxyl groups excluding tert-OH is 1. The second-order valence-electron chi connectivity index (χ2n) is 6.41. The van der Waals surface area contributed by atoms with Crippen LogP contribution in [0.15, 0.2) is 46.9 Å². The second kappa shape index (κ2) is 6.59. The maximum atomic E-state index is 15.8. The molecular formula is C19H15F4NO4. The second-order valence-corrected chi connectivity index (χ2v) is 6.41. The Labute approximate surface area is 156 Å². The fraction of sp³-hybridized carbons (Fsp3) is 0.263. The van der Waals surface area contributed by atoms with Crippen molar-refractivity contribution in [1.82, 2.24) is 0 Å². The molecule has 0 saturated carbocycles. The number of nitro benzene ring substituents is 1. The summed E-state index contributed by atoms with van der Waals surface area (Å²) in [7, 11) is 0. The molecule has 0 aliphatic heterocycles. The molecule has 1 heterocycles. The third-order valence-electron chi connectivity index (χ3n) is 4.70. The number of rotatable bonds is 4. The zero-order valence-electron chi connectivity index (χ0n) is 14.7. The van der Waals surface area contributed by atoms with E-state index in [1.165, 1.54) is 25.1 Å². The highest BCUT2D eigenvalue weighted by Crippen LogP contribution is 2.55. The predicted molar refractivity (Wildman–Crippen MR) is 92.6 cm³/mol. The van der Waals surface area contributed by atoms with Crippen LogP contribution in [0.5, 0.6) is 0 Å². The van der Waals surface area contributed by atoms with Crippen molar-refractivity contribution < 1.29 is 32.0 Å². The summed E-state index contributed by atoms with van der Waals surface area (Å²) in [4.78, 5) is 10.3. The topological polar surface area (TPSA) is 76.5 Å². The monoisotopic (exact) mass is 397 g/mol. The van der Waals surface area contributed by atoms with E-state index in [0.29, 0.717) is 0 Å². The minimum atomic E-state index is -5.53. The number of non-ortho nitro benzene ring substituents is 1. The van der Waals surface area contributed by atoms with Gasteiger partial charge in [-0.3, -0.25) is 10.1 Å². The standard InChI is InChI=1S/C19H15F4NO4/c1-10-6-3-4-7-12(10)17(25)18(20,19(21,22)23)15-11(2)28-16-13(15)8-5-9-14(16)24(26)27/h3-9,17,25H,1-2H3. The van der Waals surface area contributed by atoms with Crippen molar-refractivity contribution in [2.24, 2.45) is 0 Å². The molecule has 148 valence electrons. The van der Waals surface area contributed by atoms with Gasteiger partial charge in [-0.25, -0.2) is 4.39 Å². The first-order valence-electron chi connectivity index (χ1n) is 8.16. The van der Waals surface area contributed by atoms with E-state index in [-0.39, 0.29) is 11.1 Å².